The highest BCUT2D eigenvalue weighted by molar-refractivity contribution is 6.22. The number of esters is 1. The maximum absolute atomic E-state index is 12.6. The summed E-state index contributed by atoms with van der Waals surface area (Å²) in [5, 5.41) is 2.75. The number of ether oxygens (including phenoxy) is 1. The highest BCUT2D eigenvalue weighted by Crippen LogP contribution is 2.30. The fourth-order valence-electron chi connectivity index (χ4n) is 2.97. The summed E-state index contributed by atoms with van der Waals surface area (Å²) in [5.41, 5.74) is 1.23. The molecule has 1 aromatic rings. The van der Waals surface area contributed by atoms with Crippen LogP contribution in [-0.2, 0) is 14.3 Å². The Balaban J connectivity index is 1.76. The number of carbonyl (C=O) groups is 4. The number of hydrogen-bond donors (Lipinski definition) is 1. The molecule has 136 valence electrons. The predicted molar refractivity (Wildman–Crippen MR) is 93.4 cm³/mol. The van der Waals surface area contributed by atoms with E-state index in [9.17, 15) is 19.2 Å². The maximum Gasteiger partial charge on any atom is 0.335 e. The molecular weight excluding hydrogens is 336 g/mol. The molecule has 1 atom stereocenters. The second kappa shape index (κ2) is 7.11. The van der Waals surface area contributed by atoms with Gasteiger partial charge in [-0.05, 0) is 37.6 Å². The van der Waals surface area contributed by atoms with E-state index in [-0.39, 0.29) is 17.0 Å². The Bertz CT molecular complexity index is 827. The van der Waals surface area contributed by atoms with Crippen LogP contribution in [0.4, 0.5) is 5.69 Å². The minimum atomic E-state index is -1.03. The van der Waals surface area contributed by atoms with Crippen LogP contribution < -0.4 is 5.32 Å². The predicted octanol–water partition coefficient (Wildman–Crippen LogP) is 2.63. The summed E-state index contributed by atoms with van der Waals surface area (Å²) in [6.07, 6.45) is 3.64. The van der Waals surface area contributed by atoms with Gasteiger partial charge in [0.1, 0.15) is 0 Å². The largest absolute Gasteiger partial charge is 0.434 e. The molecule has 0 aliphatic carbocycles. The van der Waals surface area contributed by atoms with Gasteiger partial charge in [-0.15, -0.1) is 0 Å². The number of nitrogens with one attached hydrogen (secondary N) is 1. The van der Waals surface area contributed by atoms with Crippen molar-refractivity contribution in [3.8, 4) is 0 Å². The summed E-state index contributed by atoms with van der Waals surface area (Å²) < 4.78 is 5.06. The van der Waals surface area contributed by atoms with Crippen LogP contribution in [0.25, 0.3) is 0 Å². The SMILES string of the molecule is CCCCCC(=O)Nc1ccc2c(c1)C(=O)N(C1C=C(C)C(=O)O1)C2=O. The Kier molecular flexibility index (Phi) is 4.88. The van der Waals surface area contributed by atoms with Crippen LogP contribution in [0.5, 0.6) is 0 Å². The van der Waals surface area contributed by atoms with Gasteiger partial charge in [-0.3, -0.25) is 14.4 Å². The molecule has 2 heterocycles. The van der Waals surface area contributed by atoms with Crippen LogP contribution in [0.15, 0.2) is 29.8 Å². The lowest BCUT2D eigenvalue weighted by Gasteiger charge is -2.19. The first-order valence-electron chi connectivity index (χ1n) is 8.63. The van der Waals surface area contributed by atoms with E-state index in [0.29, 0.717) is 17.7 Å². The Hall–Kier alpha value is -2.96. The monoisotopic (exact) mass is 356 g/mol. The molecule has 0 aromatic heterocycles. The van der Waals surface area contributed by atoms with E-state index in [0.717, 1.165) is 24.2 Å². The number of hydrogen-bond acceptors (Lipinski definition) is 5. The molecule has 7 nitrogen and oxygen atoms in total. The molecule has 2 aliphatic rings. The maximum atomic E-state index is 12.6. The molecule has 3 rings (SSSR count). The second-order valence-corrected chi connectivity index (χ2v) is 6.39. The smallest absolute Gasteiger partial charge is 0.335 e. The first-order chi connectivity index (χ1) is 12.4. The summed E-state index contributed by atoms with van der Waals surface area (Å²) >= 11 is 0. The molecule has 0 saturated carbocycles. The van der Waals surface area contributed by atoms with Gasteiger partial charge in [-0.1, -0.05) is 19.8 Å². The van der Waals surface area contributed by atoms with Crippen molar-refractivity contribution in [2.75, 3.05) is 5.32 Å². The third-order valence-electron chi connectivity index (χ3n) is 4.41. The fraction of sp³-hybridized carbons (Fsp3) is 0.368. The molecule has 7 heteroatoms. The lowest BCUT2D eigenvalue weighted by molar-refractivity contribution is -0.143. The summed E-state index contributed by atoms with van der Waals surface area (Å²) in [5.74, 6) is -1.74. The number of unbranched alkanes of at least 4 members (excludes halogenated alkanes) is 2. The number of amides is 3. The zero-order chi connectivity index (χ0) is 18.8. The third kappa shape index (κ3) is 3.24. The van der Waals surface area contributed by atoms with Crippen molar-refractivity contribution in [3.63, 3.8) is 0 Å². The summed E-state index contributed by atoms with van der Waals surface area (Å²) in [6.45, 7) is 3.62. The topological polar surface area (TPSA) is 92.8 Å². The number of nitrogens with zero attached hydrogens (tertiary/aromatic N) is 1. The number of carbonyl (C=O) groups excluding carboxylic acids is 4. The average molecular weight is 356 g/mol. The van der Waals surface area contributed by atoms with Crippen molar-refractivity contribution in [1.82, 2.24) is 4.90 Å². The van der Waals surface area contributed by atoms with E-state index in [2.05, 4.69) is 12.2 Å². The quantitative estimate of drug-likeness (QED) is 0.480. The summed E-state index contributed by atoms with van der Waals surface area (Å²) in [7, 11) is 0. The van der Waals surface area contributed by atoms with Crippen molar-refractivity contribution < 1.29 is 23.9 Å². The van der Waals surface area contributed by atoms with Crippen molar-refractivity contribution in [2.45, 2.75) is 45.8 Å². The van der Waals surface area contributed by atoms with Gasteiger partial charge in [0.15, 0.2) is 0 Å². The van der Waals surface area contributed by atoms with Crippen LogP contribution in [0.3, 0.4) is 0 Å². The van der Waals surface area contributed by atoms with Crippen LogP contribution in [0.1, 0.15) is 60.2 Å². The van der Waals surface area contributed by atoms with E-state index >= 15 is 0 Å². The first-order valence-corrected chi connectivity index (χ1v) is 8.63. The molecule has 3 amide bonds. The van der Waals surface area contributed by atoms with E-state index in [1.165, 1.54) is 18.2 Å². The van der Waals surface area contributed by atoms with Crippen LogP contribution in [0.2, 0.25) is 0 Å². The van der Waals surface area contributed by atoms with E-state index in [1.807, 2.05) is 0 Å². The van der Waals surface area contributed by atoms with Crippen LogP contribution in [-0.4, -0.2) is 34.8 Å². The minimum Gasteiger partial charge on any atom is -0.434 e. The standard InChI is InChI=1S/C19H20N2O5/c1-3-4-5-6-15(22)20-12-7-8-13-14(10-12)18(24)21(17(13)23)16-9-11(2)19(25)26-16/h7-10,16H,3-6H2,1-2H3,(H,20,22). The zero-order valence-corrected chi connectivity index (χ0v) is 14.7. The molecule has 0 fully saturated rings. The molecule has 0 bridgehead atoms. The average Bonchev–Trinajstić information content (AvgIpc) is 3.05. The highest BCUT2D eigenvalue weighted by Gasteiger charge is 2.43. The fourth-order valence-corrected chi connectivity index (χ4v) is 2.97. The number of cyclic esters (lactones) is 1. The lowest BCUT2D eigenvalue weighted by Crippen LogP contribution is -2.39. The number of fused-ring (bicyclic) bond motifs is 1. The molecule has 1 unspecified atom stereocenters. The molecule has 1 aromatic carbocycles. The Morgan fingerprint density at radius 1 is 1.15 bits per heavy atom. The molecule has 1 N–H and O–H groups in total. The van der Waals surface area contributed by atoms with Gasteiger partial charge in [0.2, 0.25) is 12.1 Å². The van der Waals surface area contributed by atoms with Gasteiger partial charge in [-0.2, -0.15) is 0 Å². The molecule has 0 radical (unpaired) electrons. The van der Waals surface area contributed by atoms with Crippen molar-refractivity contribution >= 4 is 29.4 Å². The zero-order valence-electron chi connectivity index (χ0n) is 14.7. The number of anilines is 1. The molecule has 2 aliphatic heterocycles. The molecular formula is C19H20N2O5. The van der Waals surface area contributed by atoms with Gasteiger partial charge in [0.05, 0.1) is 11.1 Å². The first kappa shape index (κ1) is 17.8. The highest BCUT2D eigenvalue weighted by atomic mass is 16.6. The van der Waals surface area contributed by atoms with Gasteiger partial charge in [0.25, 0.3) is 11.8 Å². The second-order valence-electron chi connectivity index (χ2n) is 6.39. The Labute approximate surface area is 151 Å². The normalized spacial score (nSPS) is 18.7. The molecule has 0 spiro atoms. The Morgan fingerprint density at radius 3 is 2.54 bits per heavy atom. The van der Waals surface area contributed by atoms with Crippen molar-refractivity contribution in [1.29, 1.82) is 0 Å². The summed E-state index contributed by atoms with van der Waals surface area (Å²) in [6, 6.07) is 4.58. The summed E-state index contributed by atoms with van der Waals surface area (Å²) in [4.78, 5) is 49.5. The lowest BCUT2D eigenvalue weighted by atomic mass is 10.1. The molecule has 0 saturated heterocycles. The number of rotatable bonds is 6. The van der Waals surface area contributed by atoms with E-state index < -0.39 is 24.0 Å². The van der Waals surface area contributed by atoms with Gasteiger partial charge in [0, 0.05) is 17.7 Å². The van der Waals surface area contributed by atoms with Gasteiger partial charge in [-0.25, -0.2) is 9.69 Å². The van der Waals surface area contributed by atoms with Crippen LogP contribution >= 0.6 is 0 Å². The minimum absolute atomic E-state index is 0.129. The Morgan fingerprint density at radius 2 is 1.88 bits per heavy atom. The number of benzene rings is 1. The van der Waals surface area contributed by atoms with Gasteiger partial charge < -0.3 is 10.1 Å². The van der Waals surface area contributed by atoms with E-state index in [1.54, 1.807) is 13.0 Å². The van der Waals surface area contributed by atoms with Crippen molar-refractivity contribution in [2.24, 2.45) is 0 Å². The van der Waals surface area contributed by atoms with Crippen molar-refractivity contribution in [3.05, 3.63) is 41.0 Å². The van der Waals surface area contributed by atoms with E-state index in [4.69, 9.17) is 4.74 Å². The molecule has 26 heavy (non-hydrogen) atoms. The third-order valence-corrected chi connectivity index (χ3v) is 4.41. The van der Waals surface area contributed by atoms with Crippen LogP contribution in [0, 0.1) is 0 Å². The number of imide groups is 1. The van der Waals surface area contributed by atoms with Gasteiger partial charge >= 0.3 is 5.97 Å².